The molecular formula is C31H22N2O2S. The number of pyridine rings is 1. The zero-order valence-corrected chi connectivity index (χ0v) is 20.5. The molecule has 0 bridgehead atoms. The molecule has 5 rings (SSSR count). The number of carbonyl (C=O) groups excluding carboxylic acids is 1. The number of nitrogens with zero attached hydrogens (tertiary/aromatic N) is 2. The molecule has 0 aliphatic heterocycles. The molecule has 0 amide bonds. The predicted octanol–water partition coefficient (Wildman–Crippen LogP) is 7.42. The van der Waals surface area contributed by atoms with Gasteiger partial charge in [-0.25, -0.2) is 4.98 Å². The maximum Gasteiger partial charge on any atom is 0.173 e. The summed E-state index contributed by atoms with van der Waals surface area (Å²) in [4.78, 5) is 17.8. The highest BCUT2D eigenvalue weighted by atomic mass is 32.2. The average Bonchev–Trinajstić information content (AvgIpc) is 2.95. The largest absolute Gasteiger partial charge is 0.497 e. The summed E-state index contributed by atoms with van der Waals surface area (Å²) in [6.45, 7) is 0. The third kappa shape index (κ3) is 4.72. The monoisotopic (exact) mass is 486 g/mol. The number of rotatable bonds is 7. The van der Waals surface area contributed by atoms with Gasteiger partial charge < -0.3 is 4.74 Å². The molecule has 0 aliphatic carbocycles. The minimum Gasteiger partial charge on any atom is -0.497 e. The second-order valence-electron chi connectivity index (χ2n) is 8.18. The summed E-state index contributed by atoms with van der Waals surface area (Å²) in [5.74, 6) is 0.828. The van der Waals surface area contributed by atoms with Crippen LogP contribution in [0.25, 0.3) is 33.2 Å². The van der Waals surface area contributed by atoms with E-state index in [-0.39, 0.29) is 11.5 Å². The van der Waals surface area contributed by atoms with Gasteiger partial charge in [0.05, 0.1) is 24.1 Å². The van der Waals surface area contributed by atoms with Crippen molar-refractivity contribution in [1.82, 2.24) is 4.98 Å². The van der Waals surface area contributed by atoms with Crippen molar-refractivity contribution in [3.63, 3.8) is 0 Å². The predicted molar refractivity (Wildman–Crippen MR) is 145 cm³/mol. The Labute approximate surface area is 214 Å². The fourth-order valence-electron chi connectivity index (χ4n) is 4.16. The highest BCUT2D eigenvalue weighted by Gasteiger charge is 2.18. The molecule has 0 radical (unpaired) electrons. The summed E-state index contributed by atoms with van der Waals surface area (Å²) in [6, 6.07) is 35.5. The second kappa shape index (κ2) is 10.5. The molecule has 0 atom stereocenters. The molecule has 0 aliphatic rings. The smallest absolute Gasteiger partial charge is 0.173 e. The van der Waals surface area contributed by atoms with Crippen molar-refractivity contribution < 1.29 is 9.53 Å². The van der Waals surface area contributed by atoms with Crippen molar-refractivity contribution in [3.8, 4) is 34.2 Å². The van der Waals surface area contributed by atoms with Gasteiger partial charge in [-0.15, -0.1) is 0 Å². The molecule has 4 nitrogen and oxygen atoms in total. The third-order valence-electron chi connectivity index (χ3n) is 6.00. The molecule has 1 heterocycles. The van der Waals surface area contributed by atoms with Crippen LogP contribution in [0.2, 0.25) is 0 Å². The highest BCUT2D eigenvalue weighted by molar-refractivity contribution is 8.00. The molecule has 0 fully saturated rings. The standard InChI is InChI=1S/C31H22N2O2S/c1-35-24-16-14-23(15-17-24)30(34)20-36-31-28(19-32)27(22-8-3-2-4-9-22)18-29(33-31)26-13-7-11-21-10-5-6-12-25(21)26/h2-18H,20H2,1H3. The zero-order valence-electron chi connectivity index (χ0n) is 19.6. The van der Waals surface area contributed by atoms with Gasteiger partial charge in [0.1, 0.15) is 16.8 Å². The van der Waals surface area contributed by atoms with Gasteiger partial charge in [0.25, 0.3) is 0 Å². The Balaban J connectivity index is 1.59. The van der Waals surface area contributed by atoms with Gasteiger partial charge in [0, 0.05) is 16.7 Å². The fraction of sp³-hybridized carbons (Fsp3) is 0.0645. The lowest BCUT2D eigenvalue weighted by Gasteiger charge is -2.14. The molecule has 0 spiro atoms. The molecule has 5 heteroatoms. The number of Topliss-reactive ketones (excluding diaryl/α,β-unsaturated/α-hetero) is 1. The summed E-state index contributed by atoms with van der Waals surface area (Å²) in [7, 11) is 1.59. The average molecular weight is 487 g/mol. The first-order valence-electron chi connectivity index (χ1n) is 11.5. The van der Waals surface area contributed by atoms with Gasteiger partial charge in [-0.3, -0.25) is 4.79 Å². The molecule has 174 valence electrons. The quantitative estimate of drug-likeness (QED) is 0.177. The van der Waals surface area contributed by atoms with E-state index in [0.717, 1.165) is 33.2 Å². The topological polar surface area (TPSA) is 63.0 Å². The van der Waals surface area contributed by atoms with Crippen LogP contribution in [0.15, 0.2) is 108 Å². The minimum atomic E-state index is -0.0369. The molecule has 1 aromatic heterocycles. The van der Waals surface area contributed by atoms with Crippen molar-refractivity contribution in [1.29, 1.82) is 5.26 Å². The number of nitriles is 1. The first-order chi connectivity index (χ1) is 17.7. The third-order valence-corrected chi connectivity index (χ3v) is 6.98. The van der Waals surface area contributed by atoms with Gasteiger partial charge in [-0.05, 0) is 46.7 Å². The number of aromatic nitrogens is 1. The molecule has 0 unspecified atom stereocenters. The van der Waals surface area contributed by atoms with Crippen LogP contribution < -0.4 is 4.74 Å². The Morgan fingerprint density at radius 2 is 1.61 bits per heavy atom. The first-order valence-corrected chi connectivity index (χ1v) is 12.5. The van der Waals surface area contributed by atoms with Crippen LogP contribution in [0, 0.1) is 11.3 Å². The molecule has 36 heavy (non-hydrogen) atoms. The number of thioether (sulfide) groups is 1. The van der Waals surface area contributed by atoms with Crippen LogP contribution in [0.5, 0.6) is 5.75 Å². The molecule has 0 saturated heterocycles. The number of benzene rings is 4. The number of hydrogen-bond donors (Lipinski definition) is 0. The van der Waals surface area contributed by atoms with Crippen molar-refractivity contribution in [3.05, 3.63) is 114 Å². The van der Waals surface area contributed by atoms with Crippen LogP contribution in [-0.2, 0) is 0 Å². The normalized spacial score (nSPS) is 10.7. The van der Waals surface area contributed by atoms with Crippen molar-refractivity contribution in [2.75, 3.05) is 12.9 Å². The van der Waals surface area contributed by atoms with E-state index in [1.807, 2.05) is 60.7 Å². The molecule has 4 aromatic carbocycles. The van der Waals surface area contributed by atoms with E-state index in [1.165, 1.54) is 11.8 Å². The van der Waals surface area contributed by atoms with E-state index in [2.05, 4.69) is 24.3 Å². The number of ketones is 1. The molecule has 0 saturated carbocycles. The molecule has 0 N–H and O–H groups in total. The van der Waals surface area contributed by atoms with Gasteiger partial charge in [0.2, 0.25) is 0 Å². The van der Waals surface area contributed by atoms with Crippen molar-refractivity contribution >= 4 is 28.3 Å². The Morgan fingerprint density at radius 3 is 2.36 bits per heavy atom. The highest BCUT2D eigenvalue weighted by Crippen LogP contribution is 2.36. The van der Waals surface area contributed by atoms with Crippen LogP contribution in [0.1, 0.15) is 15.9 Å². The van der Waals surface area contributed by atoms with E-state index >= 15 is 0 Å². The van der Waals surface area contributed by atoms with Gasteiger partial charge in [-0.2, -0.15) is 5.26 Å². The van der Waals surface area contributed by atoms with Crippen LogP contribution >= 0.6 is 11.8 Å². The Hall–Kier alpha value is -4.40. The van der Waals surface area contributed by atoms with Gasteiger partial charge in [-0.1, -0.05) is 84.6 Å². The van der Waals surface area contributed by atoms with E-state index < -0.39 is 0 Å². The molecule has 5 aromatic rings. The fourth-order valence-corrected chi connectivity index (χ4v) is 5.06. The number of carbonyl (C=O) groups is 1. The summed E-state index contributed by atoms with van der Waals surface area (Å²) in [6.07, 6.45) is 0. The summed E-state index contributed by atoms with van der Waals surface area (Å²) < 4.78 is 5.19. The van der Waals surface area contributed by atoms with Gasteiger partial charge >= 0.3 is 0 Å². The van der Waals surface area contributed by atoms with E-state index in [0.29, 0.717) is 21.9 Å². The minimum absolute atomic E-state index is 0.0369. The van der Waals surface area contributed by atoms with E-state index in [9.17, 15) is 10.1 Å². The SMILES string of the molecule is COc1ccc(C(=O)CSc2nc(-c3cccc4ccccc34)cc(-c3ccccc3)c2C#N)cc1. The lowest BCUT2D eigenvalue weighted by atomic mass is 9.97. The lowest BCUT2D eigenvalue weighted by Crippen LogP contribution is -2.04. The van der Waals surface area contributed by atoms with Crippen molar-refractivity contribution in [2.24, 2.45) is 0 Å². The summed E-state index contributed by atoms with van der Waals surface area (Å²) >= 11 is 1.29. The Morgan fingerprint density at radius 1 is 0.889 bits per heavy atom. The number of ether oxygens (including phenoxy) is 1. The summed E-state index contributed by atoms with van der Waals surface area (Å²) in [5, 5.41) is 12.9. The van der Waals surface area contributed by atoms with Gasteiger partial charge in [0.15, 0.2) is 5.78 Å². The first kappa shape index (κ1) is 23.3. The number of methoxy groups -OCH3 is 1. The van der Waals surface area contributed by atoms with E-state index in [4.69, 9.17) is 9.72 Å². The maximum atomic E-state index is 12.9. The van der Waals surface area contributed by atoms with Crippen LogP contribution in [0.3, 0.4) is 0 Å². The second-order valence-corrected chi connectivity index (χ2v) is 9.14. The van der Waals surface area contributed by atoms with E-state index in [1.54, 1.807) is 31.4 Å². The summed E-state index contributed by atoms with van der Waals surface area (Å²) in [5.41, 5.74) is 4.55. The van der Waals surface area contributed by atoms with Crippen molar-refractivity contribution in [2.45, 2.75) is 5.03 Å². The maximum absolute atomic E-state index is 12.9. The van der Waals surface area contributed by atoms with Crippen LogP contribution in [-0.4, -0.2) is 23.6 Å². The number of hydrogen-bond acceptors (Lipinski definition) is 5. The Bertz CT molecular complexity index is 1580. The lowest BCUT2D eigenvalue weighted by molar-refractivity contribution is 0.102. The van der Waals surface area contributed by atoms with Crippen LogP contribution in [0.4, 0.5) is 0 Å². The number of fused-ring (bicyclic) bond motifs is 1. The zero-order chi connectivity index (χ0) is 24.9. The Kier molecular flexibility index (Phi) is 6.79. The molecular weight excluding hydrogens is 464 g/mol.